The predicted molar refractivity (Wildman–Crippen MR) is 245 cm³/mol. The Bertz CT molecular complexity index is 3210. The van der Waals surface area contributed by atoms with Crippen molar-refractivity contribution in [3.05, 3.63) is 234 Å². The van der Waals surface area contributed by atoms with Crippen LogP contribution in [0.4, 0.5) is 17.1 Å². The van der Waals surface area contributed by atoms with Crippen molar-refractivity contribution in [1.29, 1.82) is 0 Å². The topological polar surface area (TPSA) is 16.4 Å². The number of anilines is 3. The first kappa shape index (κ1) is 33.7. The van der Waals surface area contributed by atoms with Gasteiger partial charge < -0.3 is 9.32 Å². The largest absolute Gasteiger partial charge is 0.455 e. The van der Waals surface area contributed by atoms with E-state index in [0.29, 0.717) is 0 Å². The minimum Gasteiger partial charge on any atom is -0.455 e. The normalized spacial score (nSPS) is 13.1. The highest BCUT2D eigenvalue weighted by molar-refractivity contribution is 6.09. The van der Waals surface area contributed by atoms with E-state index in [1.165, 1.54) is 72.4 Å². The van der Waals surface area contributed by atoms with E-state index in [4.69, 9.17) is 4.42 Å². The van der Waals surface area contributed by atoms with Crippen molar-refractivity contribution in [2.75, 3.05) is 4.90 Å². The molecule has 2 heteroatoms. The molecule has 0 atom stereocenters. The van der Waals surface area contributed by atoms with Crippen LogP contribution >= 0.6 is 0 Å². The molecule has 10 aromatic rings. The van der Waals surface area contributed by atoms with Gasteiger partial charge in [0.1, 0.15) is 11.2 Å². The van der Waals surface area contributed by atoms with E-state index in [-0.39, 0.29) is 0 Å². The Kier molecular flexibility index (Phi) is 7.31. The van der Waals surface area contributed by atoms with Crippen molar-refractivity contribution in [2.45, 2.75) is 19.3 Å². The number of hydrogen-bond donors (Lipinski definition) is 0. The van der Waals surface area contributed by atoms with Gasteiger partial charge in [-0.15, -0.1) is 0 Å². The average molecular weight is 754 g/mol. The molecule has 278 valence electrons. The lowest BCUT2D eigenvalue weighted by atomic mass is 9.70. The lowest BCUT2D eigenvalue weighted by molar-refractivity contribution is 0.670. The zero-order valence-corrected chi connectivity index (χ0v) is 32.9. The summed E-state index contributed by atoms with van der Waals surface area (Å²) in [7, 11) is 0. The van der Waals surface area contributed by atoms with Crippen molar-refractivity contribution in [2.24, 2.45) is 0 Å². The van der Waals surface area contributed by atoms with Gasteiger partial charge in [-0.3, -0.25) is 0 Å². The number of hydrogen-bond acceptors (Lipinski definition) is 2. The molecule has 2 nitrogen and oxygen atoms in total. The number of aryl methyl sites for hydroxylation is 2. The van der Waals surface area contributed by atoms with Gasteiger partial charge >= 0.3 is 0 Å². The van der Waals surface area contributed by atoms with E-state index < -0.39 is 5.41 Å². The molecule has 2 aliphatic carbocycles. The molecule has 1 spiro atoms. The van der Waals surface area contributed by atoms with Crippen LogP contribution in [-0.4, -0.2) is 0 Å². The third kappa shape index (κ3) is 4.81. The molecule has 9 aromatic carbocycles. The molecule has 0 saturated heterocycles. The van der Waals surface area contributed by atoms with Crippen LogP contribution in [0.1, 0.15) is 33.4 Å². The van der Waals surface area contributed by atoms with E-state index in [0.717, 1.165) is 44.4 Å². The van der Waals surface area contributed by atoms with Crippen LogP contribution in [0.2, 0.25) is 0 Å². The van der Waals surface area contributed by atoms with Crippen LogP contribution < -0.4 is 4.90 Å². The van der Waals surface area contributed by atoms with Gasteiger partial charge in [-0.2, -0.15) is 0 Å². The van der Waals surface area contributed by atoms with Gasteiger partial charge in [-0.1, -0.05) is 158 Å². The summed E-state index contributed by atoms with van der Waals surface area (Å²) in [5.74, 6) is 0. The summed E-state index contributed by atoms with van der Waals surface area (Å²) in [6.07, 6.45) is 0. The minimum absolute atomic E-state index is 0.433. The van der Waals surface area contributed by atoms with Gasteiger partial charge in [0.15, 0.2) is 0 Å². The molecular formula is C57H39NO. The number of nitrogens with zero attached hydrogens (tertiary/aromatic N) is 1. The molecule has 0 N–H and O–H groups in total. The SMILES string of the molecule is Cc1cc(-c2ccccc2)cc(C)c1N(c1ccc(-c2cccc3c2oc2ccccc23)cc1)c1ccc2c(c1)C1(c3ccccc3-c3ccccc31)c1ccccc1-2. The van der Waals surface area contributed by atoms with Crippen molar-refractivity contribution in [3.8, 4) is 44.5 Å². The summed E-state index contributed by atoms with van der Waals surface area (Å²) in [4.78, 5) is 2.48. The lowest BCUT2D eigenvalue weighted by Crippen LogP contribution is -2.26. The second-order valence-corrected chi connectivity index (χ2v) is 16.1. The fourth-order valence-corrected chi connectivity index (χ4v) is 10.5. The van der Waals surface area contributed by atoms with Gasteiger partial charge in [-0.25, -0.2) is 0 Å². The van der Waals surface area contributed by atoms with Crippen LogP contribution in [-0.2, 0) is 5.41 Å². The fourth-order valence-electron chi connectivity index (χ4n) is 10.5. The van der Waals surface area contributed by atoms with E-state index >= 15 is 0 Å². The summed E-state index contributed by atoms with van der Waals surface area (Å²) in [5.41, 5.74) is 22.5. The number of fused-ring (bicyclic) bond motifs is 13. The molecule has 0 saturated carbocycles. The quantitative estimate of drug-likeness (QED) is 0.174. The second-order valence-electron chi connectivity index (χ2n) is 16.1. The Morgan fingerprint density at radius 3 is 1.56 bits per heavy atom. The number of rotatable bonds is 5. The maximum atomic E-state index is 6.49. The highest BCUT2D eigenvalue weighted by Gasteiger charge is 2.51. The van der Waals surface area contributed by atoms with Crippen molar-refractivity contribution in [1.82, 2.24) is 0 Å². The molecule has 0 amide bonds. The Morgan fingerprint density at radius 1 is 0.373 bits per heavy atom. The van der Waals surface area contributed by atoms with Crippen LogP contribution in [0.15, 0.2) is 205 Å². The summed E-state index contributed by atoms with van der Waals surface area (Å²) >= 11 is 0. The zero-order chi connectivity index (χ0) is 39.2. The number of benzene rings is 9. The Hall–Kier alpha value is -7.42. The first-order valence-electron chi connectivity index (χ1n) is 20.5. The molecule has 59 heavy (non-hydrogen) atoms. The van der Waals surface area contributed by atoms with Gasteiger partial charge in [0, 0.05) is 27.7 Å². The lowest BCUT2D eigenvalue weighted by Gasteiger charge is -2.33. The van der Waals surface area contributed by atoms with Crippen LogP contribution in [0.5, 0.6) is 0 Å². The third-order valence-electron chi connectivity index (χ3n) is 12.9. The van der Waals surface area contributed by atoms with Crippen molar-refractivity contribution < 1.29 is 4.42 Å². The highest BCUT2D eigenvalue weighted by Crippen LogP contribution is 2.63. The Labute approximate surface area is 344 Å². The van der Waals surface area contributed by atoms with Gasteiger partial charge in [0.05, 0.1) is 11.1 Å². The molecule has 0 unspecified atom stereocenters. The van der Waals surface area contributed by atoms with Crippen LogP contribution in [0, 0.1) is 13.8 Å². The third-order valence-corrected chi connectivity index (χ3v) is 12.9. The van der Waals surface area contributed by atoms with Gasteiger partial charge in [-0.05, 0) is 129 Å². The molecule has 2 aliphatic rings. The van der Waals surface area contributed by atoms with E-state index in [9.17, 15) is 0 Å². The smallest absolute Gasteiger partial charge is 0.143 e. The van der Waals surface area contributed by atoms with Crippen LogP contribution in [0.3, 0.4) is 0 Å². The molecule has 12 rings (SSSR count). The fraction of sp³-hybridized carbons (Fsp3) is 0.0526. The number of furan rings is 1. The van der Waals surface area contributed by atoms with Crippen molar-refractivity contribution >= 4 is 39.0 Å². The minimum atomic E-state index is -0.433. The number of para-hydroxylation sites is 2. The maximum absolute atomic E-state index is 6.49. The highest BCUT2D eigenvalue weighted by atomic mass is 16.3. The molecule has 0 bridgehead atoms. The molecule has 0 fully saturated rings. The first-order chi connectivity index (χ1) is 29.1. The predicted octanol–water partition coefficient (Wildman–Crippen LogP) is 15.4. The molecule has 1 heterocycles. The van der Waals surface area contributed by atoms with Crippen molar-refractivity contribution in [3.63, 3.8) is 0 Å². The molecular weight excluding hydrogens is 715 g/mol. The zero-order valence-electron chi connectivity index (χ0n) is 32.9. The van der Waals surface area contributed by atoms with Crippen LogP contribution in [0.25, 0.3) is 66.4 Å². The van der Waals surface area contributed by atoms with E-state index in [2.05, 4.69) is 213 Å². The van der Waals surface area contributed by atoms with Gasteiger partial charge in [0.25, 0.3) is 0 Å². The monoisotopic (exact) mass is 753 g/mol. The molecule has 0 radical (unpaired) electrons. The summed E-state index contributed by atoms with van der Waals surface area (Å²) in [6.45, 7) is 4.51. The summed E-state index contributed by atoms with van der Waals surface area (Å²) < 4.78 is 6.49. The Morgan fingerprint density at radius 2 is 0.898 bits per heavy atom. The first-order valence-corrected chi connectivity index (χ1v) is 20.5. The molecule has 1 aromatic heterocycles. The standard InChI is InChI=1S/C57H39NO/c1-36-33-40(38-15-4-3-5-16-38)34-37(2)55(36)58(41-29-27-39(28-30-41)43-21-14-22-49-48-20-9-13-26-54(48)59-56(43)49)42-31-32-47-46-19-8-12-25-52(46)57(53(47)35-42)50-23-10-6-17-44(50)45-18-7-11-24-51(45)57/h3-35H,1-2H3. The molecule has 0 aliphatic heterocycles. The maximum Gasteiger partial charge on any atom is 0.143 e. The summed E-state index contributed by atoms with van der Waals surface area (Å²) in [5, 5.41) is 2.28. The van der Waals surface area contributed by atoms with E-state index in [1.807, 2.05) is 6.07 Å². The summed E-state index contributed by atoms with van der Waals surface area (Å²) in [6, 6.07) is 73.5. The second kappa shape index (κ2) is 12.8. The Balaban J connectivity index is 1.08. The average Bonchev–Trinajstić information content (AvgIpc) is 3.92. The van der Waals surface area contributed by atoms with E-state index in [1.54, 1.807) is 0 Å². The van der Waals surface area contributed by atoms with Gasteiger partial charge in [0.2, 0.25) is 0 Å².